The lowest BCUT2D eigenvalue weighted by Crippen LogP contribution is -2.15. The van der Waals surface area contributed by atoms with Crippen molar-refractivity contribution >= 4 is 23.2 Å². The average Bonchev–Trinajstić information content (AvgIpc) is 2.56. The van der Waals surface area contributed by atoms with Gasteiger partial charge in [0.05, 0.1) is 0 Å². The number of carbonyl (C=O) groups excluding carboxylic acids is 1. The Balaban J connectivity index is 1.83. The monoisotopic (exact) mass is 332 g/mol. The average molecular weight is 332 g/mol. The largest absolute Gasteiger partial charge is 0.324 e. The molecule has 0 fully saturated rings. The van der Waals surface area contributed by atoms with Gasteiger partial charge in [0.15, 0.2) is 0 Å². The topological polar surface area (TPSA) is 66.9 Å². The molecule has 1 amide bonds. The maximum atomic E-state index is 12.5. The summed E-state index contributed by atoms with van der Waals surface area (Å²) in [4.78, 5) is 21.2. The minimum absolute atomic E-state index is 0.260. The lowest BCUT2D eigenvalue weighted by molar-refractivity contribution is 0.102. The van der Waals surface area contributed by atoms with Gasteiger partial charge in [0, 0.05) is 17.1 Å². The molecule has 0 bridgehead atoms. The highest BCUT2D eigenvalue weighted by Crippen LogP contribution is 2.18. The van der Waals surface area contributed by atoms with Crippen molar-refractivity contribution in [2.75, 3.05) is 10.6 Å². The van der Waals surface area contributed by atoms with Crippen molar-refractivity contribution in [1.82, 2.24) is 9.97 Å². The highest BCUT2D eigenvalue weighted by atomic mass is 16.1. The number of rotatable bonds is 4. The van der Waals surface area contributed by atoms with Crippen molar-refractivity contribution in [2.45, 2.75) is 20.8 Å². The summed E-state index contributed by atoms with van der Waals surface area (Å²) in [5.74, 6) is 0.146. The van der Waals surface area contributed by atoms with Crippen LogP contribution in [0.15, 0.2) is 54.6 Å². The standard InChI is InChI=1S/C20H20N4O/c1-13-7-6-9-16(11-13)22-19(25)18-12-15(3)21-20(24-18)23-17-10-5-4-8-14(17)2/h4-12H,1-3H3,(H,22,25)(H,21,23,24). The van der Waals surface area contributed by atoms with Gasteiger partial charge in [0.1, 0.15) is 5.69 Å². The van der Waals surface area contributed by atoms with E-state index in [4.69, 9.17) is 0 Å². The third-order valence-electron chi connectivity index (χ3n) is 3.75. The summed E-state index contributed by atoms with van der Waals surface area (Å²) in [6, 6.07) is 17.2. The Morgan fingerprint density at radius 1 is 0.920 bits per heavy atom. The second-order valence-corrected chi connectivity index (χ2v) is 5.98. The number of para-hydroxylation sites is 1. The predicted molar refractivity (Wildman–Crippen MR) is 100 cm³/mol. The van der Waals surface area contributed by atoms with Crippen molar-refractivity contribution in [3.63, 3.8) is 0 Å². The molecule has 25 heavy (non-hydrogen) atoms. The van der Waals surface area contributed by atoms with Gasteiger partial charge in [-0.3, -0.25) is 4.79 Å². The molecular weight excluding hydrogens is 312 g/mol. The van der Waals surface area contributed by atoms with E-state index in [2.05, 4.69) is 20.6 Å². The van der Waals surface area contributed by atoms with Crippen LogP contribution in [-0.4, -0.2) is 15.9 Å². The first-order valence-corrected chi connectivity index (χ1v) is 8.07. The van der Waals surface area contributed by atoms with Crippen LogP contribution >= 0.6 is 0 Å². The quantitative estimate of drug-likeness (QED) is 0.743. The van der Waals surface area contributed by atoms with Crippen LogP contribution in [0.1, 0.15) is 27.3 Å². The minimum atomic E-state index is -0.260. The van der Waals surface area contributed by atoms with Gasteiger partial charge in [-0.2, -0.15) is 0 Å². The smallest absolute Gasteiger partial charge is 0.274 e. The number of carbonyl (C=O) groups is 1. The number of benzene rings is 2. The van der Waals surface area contributed by atoms with Gasteiger partial charge in [-0.25, -0.2) is 9.97 Å². The fourth-order valence-corrected chi connectivity index (χ4v) is 2.49. The summed E-state index contributed by atoms with van der Waals surface area (Å²) in [7, 11) is 0. The van der Waals surface area contributed by atoms with Crippen LogP contribution in [0.2, 0.25) is 0 Å². The molecule has 0 saturated carbocycles. The zero-order valence-electron chi connectivity index (χ0n) is 14.5. The number of nitrogens with one attached hydrogen (secondary N) is 2. The molecule has 1 heterocycles. The number of aromatic nitrogens is 2. The molecule has 0 aliphatic heterocycles. The number of anilines is 3. The number of amides is 1. The zero-order chi connectivity index (χ0) is 17.8. The zero-order valence-corrected chi connectivity index (χ0v) is 14.5. The van der Waals surface area contributed by atoms with Gasteiger partial charge in [0.25, 0.3) is 5.91 Å². The van der Waals surface area contributed by atoms with Gasteiger partial charge in [-0.1, -0.05) is 30.3 Å². The molecule has 0 aliphatic carbocycles. The summed E-state index contributed by atoms with van der Waals surface area (Å²) < 4.78 is 0. The first-order chi connectivity index (χ1) is 12.0. The van der Waals surface area contributed by atoms with Crippen LogP contribution in [0, 0.1) is 20.8 Å². The van der Waals surface area contributed by atoms with Crippen LogP contribution in [0.25, 0.3) is 0 Å². The summed E-state index contributed by atoms with van der Waals surface area (Å²) in [6.07, 6.45) is 0. The fourth-order valence-electron chi connectivity index (χ4n) is 2.49. The molecule has 0 saturated heterocycles. The van der Waals surface area contributed by atoms with Crippen molar-refractivity contribution in [3.8, 4) is 0 Å². The maximum absolute atomic E-state index is 12.5. The molecule has 1 aromatic heterocycles. The first-order valence-electron chi connectivity index (χ1n) is 8.07. The fraction of sp³-hybridized carbons (Fsp3) is 0.150. The summed E-state index contributed by atoms with van der Waals surface area (Å²) in [6.45, 7) is 5.83. The lowest BCUT2D eigenvalue weighted by atomic mass is 10.2. The SMILES string of the molecule is Cc1cccc(NC(=O)c2cc(C)nc(Nc3ccccc3C)n2)c1. The number of hydrogen-bond donors (Lipinski definition) is 2. The summed E-state index contributed by atoms with van der Waals surface area (Å²) in [5.41, 5.74) is 4.87. The van der Waals surface area contributed by atoms with E-state index in [-0.39, 0.29) is 5.91 Å². The van der Waals surface area contributed by atoms with E-state index in [1.165, 1.54) is 0 Å². The molecule has 3 rings (SSSR count). The van der Waals surface area contributed by atoms with Gasteiger partial charge in [0.2, 0.25) is 5.95 Å². The van der Waals surface area contributed by atoms with Crippen LogP contribution in [0.4, 0.5) is 17.3 Å². The highest BCUT2D eigenvalue weighted by Gasteiger charge is 2.12. The molecule has 2 aromatic carbocycles. The first kappa shape index (κ1) is 16.6. The molecule has 126 valence electrons. The molecule has 5 heteroatoms. The Morgan fingerprint density at radius 2 is 1.72 bits per heavy atom. The van der Waals surface area contributed by atoms with Crippen LogP contribution < -0.4 is 10.6 Å². The van der Waals surface area contributed by atoms with Crippen molar-refractivity contribution < 1.29 is 4.79 Å². The lowest BCUT2D eigenvalue weighted by Gasteiger charge is -2.10. The van der Waals surface area contributed by atoms with Crippen molar-refractivity contribution in [3.05, 3.63) is 77.1 Å². The molecule has 0 unspecified atom stereocenters. The molecule has 3 aromatic rings. The number of hydrogen-bond acceptors (Lipinski definition) is 4. The minimum Gasteiger partial charge on any atom is -0.324 e. The van der Waals surface area contributed by atoms with E-state index in [0.717, 1.165) is 28.2 Å². The van der Waals surface area contributed by atoms with E-state index in [9.17, 15) is 4.79 Å². The normalized spacial score (nSPS) is 10.4. The number of aryl methyl sites for hydroxylation is 3. The molecule has 5 nitrogen and oxygen atoms in total. The second kappa shape index (κ2) is 7.13. The third-order valence-corrected chi connectivity index (χ3v) is 3.75. The molecule has 2 N–H and O–H groups in total. The van der Waals surface area contributed by atoms with E-state index in [1.54, 1.807) is 6.07 Å². The molecule has 0 radical (unpaired) electrons. The third kappa shape index (κ3) is 4.20. The van der Waals surface area contributed by atoms with Crippen LogP contribution in [-0.2, 0) is 0 Å². The Kier molecular flexibility index (Phi) is 4.75. The van der Waals surface area contributed by atoms with E-state index in [0.29, 0.717) is 11.6 Å². The van der Waals surface area contributed by atoms with Crippen molar-refractivity contribution in [2.24, 2.45) is 0 Å². The Bertz CT molecular complexity index is 921. The maximum Gasteiger partial charge on any atom is 0.274 e. The van der Waals surface area contributed by atoms with Crippen LogP contribution in [0.3, 0.4) is 0 Å². The predicted octanol–water partition coefficient (Wildman–Crippen LogP) is 4.40. The van der Waals surface area contributed by atoms with E-state index >= 15 is 0 Å². The Labute approximate surface area is 147 Å². The van der Waals surface area contributed by atoms with Gasteiger partial charge in [-0.05, 0) is 56.2 Å². The molecule has 0 atom stereocenters. The molecule has 0 aliphatic rings. The highest BCUT2D eigenvalue weighted by molar-refractivity contribution is 6.03. The molecular formula is C20H20N4O. The second-order valence-electron chi connectivity index (χ2n) is 5.98. The summed E-state index contributed by atoms with van der Waals surface area (Å²) in [5, 5.41) is 6.05. The van der Waals surface area contributed by atoms with Gasteiger partial charge < -0.3 is 10.6 Å². The Hall–Kier alpha value is -3.21. The van der Waals surface area contributed by atoms with Crippen molar-refractivity contribution in [1.29, 1.82) is 0 Å². The van der Waals surface area contributed by atoms with Gasteiger partial charge >= 0.3 is 0 Å². The van der Waals surface area contributed by atoms with Crippen LogP contribution in [0.5, 0.6) is 0 Å². The molecule has 0 spiro atoms. The van der Waals surface area contributed by atoms with E-state index < -0.39 is 0 Å². The van der Waals surface area contributed by atoms with Gasteiger partial charge in [-0.15, -0.1) is 0 Å². The van der Waals surface area contributed by atoms with E-state index in [1.807, 2.05) is 69.3 Å². The summed E-state index contributed by atoms with van der Waals surface area (Å²) >= 11 is 0. The Morgan fingerprint density at radius 3 is 2.48 bits per heavy atom. The number of nitrogens with zero attached hydrogens (tertiary/aromatic N) is 2.